The molecule has 4 aliphatic carbocycles. The van der Waals surface area contributed by atoms with Gasteiger partial charge in [-0.2, -0.15) is 0 Å². The molecule has 4 heterocycles. The molecule has 10 rings (SSSR count). The van der Waals surface area contributed by atoms with Crippen LogP contribution < -0.4 is 9.47 Å². The van der Waals surface area contributed by atoms with E-state index in [-0.39, 0.29) is 36.9 Å². The molecule has 0 amide bonds. The van der Waals surface area contributed by atoms with Crippen molar-refractivity contribution in [3.05, 3.63) is 82.0 Å². The Labute approximate surface area is 266 Å². The Morgan fingerprint density at radius 3 is 1.52 bits per heavy atom. The molecule has 46 heavy (non-hydrogen) atoms. The standard InChI is InChI=1S/2C18H19NO4/c2*1-19-7-6-17-14-10-2-3-11(9-20)15(14)23-16(17)12(21)4-5-18(17,22)13(19)8-10/h2*2-5,13,16,20,22H,6-9H2,1H3/t2*13?,16-,17-,18+/m00/s1. The van der Waals surface area contributed by atoms with Gasteiger partial charge in [-0.05, 0) is 88.3 Å². The Morgan fingerprint density at radius 1 is 0.717 bits per heavy atom. The molecule has 4 bridgehead atoms. The predicted molar refractivity (Wildman–Crippen MR) is 165 cm³/mol. The second kappa shape index (κ2) is 9.15. The Kier molecular flexibility index (Phi) is 5.73. The molecular weight excluding hydrogens is 588 g/mol. The second-order valence-corrected chi connectivity index (χ2v) is 14.5. The van der Waals surface area contributed by atoms with Crippen molar-refractivity contribution in [3.63, 3.8) is 0 Å². The fourth-order valence-corrected chi connectivity index (χ4v) is 10.6. The van der Waals surface area contributed by atoms with Gasteiger partial charge in [0, 0.05) is 34.3 Å². The van der Waals surface area contributed by atoms with E-state index < -0.39 is 34.2 Å². The van der Waals surface area contributed by atoms with E-state index in [1.165, 1.54) is 12.2 Å². The molecule has 0 aromatic heterocycles. The molecule has 4 N–H and O–H groups in total. The minimum Gasteiger partial charge on any atom is -0.481 e. The number of likely N-dealkylation sites (N-methyl/N-ethyl adjacent to an activating group) is 2. The zero-order chi connectivity index (χ0) is 32.0. The van der Waals surface area contributed by atoms with E-state index in [1.54, 1.807) is 12.2 Å². The maximum Gasteiger partial charge on any atom is 0.196 e. The summed E-state index contributed by atoms with van der Waals surface area (Å²) in [4.78, 5) is 29.5. The van der Waals surface area contributed by atoms with Gasteiger partial charge in [0.15, 0.2) is 23.8 Å². The Morgan fingerprint density at radius 2 is 1.13 bits per heavy atom. The molecule has 0 radical (unpaired) electrons. The summed E-state index contributed by atoms with van der Waals surface area (Å²) in [6.07, 6.45) is 7.76. The van der Waals surface area contributed by atoms with Crippen molar-refractivity contribution in [2.45, 2.75) is 85.2 Å². The number of aliphatic hydroxyl groups excluding tert-OH is 2. The molecule has 4 aliphatic heterocycles. The number of hydrogen-bond donors (Lipinski definition) is 4. The monoisotopic (exact) mass is 626 g/mol. The predicted octanol–water partition coefficient (Wildman–Crippen LogP) is 0.616. The van der Waals surface area contributed by atoms with Gasteiger partial charge < -0.3 is 29.9 Å². The second-order valence-electron chi connectivity index (χ2n) is 14.5. The zero-order valence-corrected chi connectivity index (χ0v) is 25.9. The van der Waals surface area contributed by atoms with Crippen LogP contribution in [0.2, 0.25) is 0 Å². The van der Waals surface area contributed by atoms with E-state index >= 15 is 0 Å². The first-order chi connectivity index (χ1) is 22.1. The summed E-state index contributed by atoms with van der Waals surface area (Å²) >= 11 is 0. The number of ketones is 2. The average molecular weight is 627 g/mol. The van der Waals surface area contributed by atoms with Crippen molar-refractivity contribution in [2.24, 2.45) is 0 Å². The highest BCUT2D eigenvalue weighted by molar-refractivity contribution is 5.99. The van der Waals surface area contributed by atoms with Crippen molar-refractivity contribution < 1.29 is 39.5 Å². The van der Waals surface area contributed by atoms with Crippen molar-refractivity contribution in [2.75, 3.05) is 27.2 Å². The highest BCUT2D eigenvalue weighted by atomic mass is 16.5. The number of carbonyl (C=O) groups is 2. The van der Waals surface area contributed by atoms with Gasteiger partial charge in [0.05, 0.1) is 24.0 Å². The molecule has 8 aliphatic rings. The third-order valence-electron chi connectivity index (χ3n) is 12.8. The fraction of sp³-hybridized carbons (Fsp3) is 0.500. The van der Waals surface area contributed by atoms with Gasteiger partial charge >= 0.3 is 0 Å². The maximum atomic E-state index is 12.5. The van der Waals surface area contributed by atoms with Gasteiger partial charge in [0.2, 0.25) is 0 Å². The van der Waals surface area contributed by atoms with Gasteiger partial charge in [-0.25, -0.2) is 0 Å². The third kappa shape index (κ3) is 3.05. The number of carbonyl (C=O) groups excluding carboxylic acids is 2. The Bertz CT molecular complexity index is 1670. The maximum absolute atomic E-state index is 12.5. The Hall–Kier alpha value is -3.38. The molecule has 2 aromatic carbocycles. The summed E-state index contributed by atoms with van der Waals surface area (Å²) in [7, 11) is 4.05. The minimum atomic E-state index is -1.11. The largest absolute Gasteiger partial charge is 0.481 e. The minimum absolute atomic E-state index is 0.0647. The Balaban J connectivity index is 0.000000127. The topological polar surface area (TPSA) is 140 Å². The molecular formula is C36H38N2O8. The van der Waals surface area contributed by atoms with E-state index in [0.29, 0.717) is 35.5 Å². The van der Waals surface area contributed by atoms with E-state index in [4.69, 9.17) is 9.47 Å². The van der Waals surface area contributed by atoms with Crippen LogP contribution >= 0.6 is 0 Å². The van der Waals surface area contributed by atoms with Gasteiger partial charge in [0.25, 0.3) is 0 Å². The number of ether oxygens (including phenoxy) is 2. The molecule has 2 saturated heterocycles. The van der Waals surface area contributed by atoms with Crippen LogP contribution in [0.4, 0.5) is 0 Å². The normalized spacial score (nSPS) is 40.0. The van der Waals surface area contributed by atoms with E-state index in [0.717, 1.165) is 48.2 Å². The molecule has 10 heteroatoms. The summed E-state index contributed by atoms with van der Waals surface area (Å²) in [5.74, 6) is 1.05. The van der Waals surface area contributed by atoms with Crippen LogP contribution in [0, 0.1) is 0 Å². The molecule has 8 atom stereocenters. The molecule has 2 spiro atoms. The van der Waals surface area contributed by atoms with Gasteiger partial charge in [-0.15, -0.1) is 0 Å². The van der Waals surface area contributed by atoms with E-state index in [2.05, 4.69) is 9.80 Å². The van der Waals surface area contributed by atoms with Crippen LogP contribution in [0.5, 0.6) is 11.5 Å². The number of piperidine rings is 2. The number of rotatable bonds is 2. The number of aliphatic hydroxyl groups is 4. The lowest BCUT2D eigenvalue weighted by atomic mass is 9.51. The smallest absolute Gasteiger partial charge is 0.196 e. The average Bonchev–Trinajstić information content (AvgIpc) is 3.59. The van der Waals surface area contributed by atoms with Crippen LogP contribution in [0.15, 0.2) is 48.6 Å². The first-order valence-electron chi connectivity index (χ1n) is 16.2. The summed E-state index contributed by atoms with van der Waals surface area (Å²) in [6.45, 7) is 1.37. The molecule has 10 nitrogen and oxygen atoms in total. The van der Waals surface area contributed by atoms with Crippen LogP contribution in [-0.2, 0) is 46.5 Å². The number of nitrogens with zero attached hydrogens (tertiary/aromatic N) is 2. The lowest BCUT2D eigenvalue weighted by Crippen LogP contribution is -2.74. The lowest BCUT2D eigenvalue weighted by molar-refractivity contribution is -0.151. The van der Waals surface area contributed by atoms with Crippen molar-refractivity contribution in [3.8, 4) is 11.5 Å². The van der Waals surface area contributed by atoms with E-state index in [1.807, 2.05) is 38.4 Å². The molecule has 240 valence electrons. The molecule has 2 fully saturated rings. The summed E-state index contributed by atoms with van der Waals surface area (Å²) < 4.78 is 12.1. The first kappa shape index (κ1) is 28.8. The van der Waals surface area contributed by atoms with Crippen molar-refractivity contribution >= 4 is 11.6 Å². The van der Waals surface area contributed by atoms with Crippen LogP contribution in [-0.4, -0.2) is 104 Å². The lowest BCUT2D eigenvalue weighted by Gasteiger charge is -2.60. The van der Waals surface area contributed by atoms with Crippen LogP contribution in [0.1, 0.15) is 46.2 Å². The number of benzene rings is 2. The highest BCUT2D eigenvalue weighted by Crippen LogP contribution is 2.64. The fourth-order valence-electron chi connectivity index (χ4n) is 10.6. The first-order valence-corrected chi connectivity index (χ1v) is 16.2. The quantitative estimate of drug-likeness (QED) is 0.375. The van der Waals surface area contributed by atoms with Crippen molar-refractivity contribution in [1.29, 1.82) is 0 Å². The number of hydrogen-bond acceptors (Lipinski definition) is 10. The summed E-state index contributed by atoms with van der Waals surface area (Å²) in [6, 6.07) is 7.66. The van der Waals surface area contributed by atoms with Crippen LogP contribution in [0.25, 0.3) is 0 Å². The highest BCUT2D eigenvalue weighted by Gasteiger charge is 2.73. The number of likely N-dealkylation sites (tertiary alicyclic amines) is 2. The van der Waals surface area contributed by atoms with Gasteiger partial charge in [-0.3, -0.25) is 19.4 Å². The van der Waals surface area contributed by atoms with Crippen molar-refractivity contribution in [1.82, 2.24) is 9.80 Å². The SMILES string of the molecule is CN1CC[C@]23c4c5ccc(CO)c4O[C@H]2C(=O)C=C[C@@]3(O)C1C5.CN1CC[C@]23c4c5ccc(CO)c4O[C@H]2C(=O)C=C[C@@]3(O)C1C5. The zero-order valence-electron chi connectivity index (χ0n) is 25.9. The summed E-state index contributed by atoms with van der Waals surface area (Å²) in [5, 5.41) is 42.6. The molecule has 0 saturated carbocycles. The van der Waals surface area contributed by atoms with Gasteiger partial charge in [0.1, 0.15) is 22.7 Å². The molecule has 2 aromatic rings. The van der Waals surface area contributed by atoms with Crippen LogP contribution in [0.3, 0.4) is 0 Å². The summed E-state index contributed by atoms with van der Waals surface area (Å²) in [5.41, 5.74) is 1.91. The van der Waals surface area contributed by atoms with E-state index in [9.17, 15) is 30.0 Å². The van der Waals surface area contributed by atoms with Gasteiger partial charge in [-0.1, -0.05) is 24.3 Å². The third-order valence-corrected chi connectivity index (χ3v) is 12.8. The molecule has 2 unspecified atom stereocenters.